The molecule has 2 aliphatic rings. The molecular weight excluding hydrogens is 308 g/mol. The van der Waals surface area contributed by atoms with Gasteiger partial charge in [-0.2, -0.15) is 0 Å². The summed E-state index contributed by atoms with van der Waals surface area (Å²) in [7, 11) is 0. The first kappa shape index (κ1) is 16.8. The van der Waals surface area contributed by atoms with Gasteiger partial charge in [-0.05, 0) is 19.9 Å². The second kappa shape index (κ2) is 6.84. The van der Waals surface area contributed by atoms with Crippen LogP contribution in [0.15, 0.2) is 23.0 Å². The van der Waals surface area contributed by atoms with Crippen LogP contribution in [0.2, 0.25) is 0 Å². The van der Waals surface area contributed by atoms with E-state index in [2.05, 4.69) is 15.5 Å². The number of nitrogens with one attached hydrogen (secondary N) is 2. The van der Waals surface area contributed by atoms with E-state index in [0.717, 1.165) is 25.2 Å². The Balaban J connectivity index is 1.75. The van der Waals surface area contributed by atoms with Crippen molar-refractivity contribution < 1.29 is 14.0 Å². The Hall–Kier alpha value is -2.02. The van der Waals surface area contributed by atoms with Crippen molar-refractivity contribution in [3.05, 3.63) is 24.2 Å². The second-order valence-electron chi connectivity index (χ2n) is 7.32. The molecule has 132 valence electrons. The third kappa shape index (κ3) is 3.90. The highest BCUT2D eigenvalue weighted by molar-refractivity contribution is 5.80. The zero-order valence-corrected chi connectivity index (χ0v) is 14.4. The SMILES string of the molecule is CC(C)NC(=O)N1CCN(Cc2ccoc2)C[C@@]2(CNC(=O)C2)C1. The van der Waals surface area contributed by atoms with Crippen LogP contribution in [0.5, 0.6) is 0 Å². The molecule has 1 aromatic heterocycles. The summed E-state index contributed by atoms with van der Waals surface area (Å²) in [5.74, 6) is 0.0735. The zero-order valence-electron chi connectivity index (χ0n) is 14.4. The van der Waals surface area contributed by atoms with Crippen molar-refractivity contribution in [2.75, 3.05) is 32.7 Å². The van der Waals surface area contributed by atoms with Crippen LogP contribution in [0.3, 0.4) is 0 Å². The van der Waals surface area contributed by atoms with Crippen LogP contribution >= 0.6 is 0 Å². The minimum Gasteiger partial charge on any atom is -0.472 e. The van der Waals surface area contributed by atoms with Gasteiger partial charge in [0.25, 0.3) is 0 Å². The van der Waals surface area contributed by atoms with Crippen molar-refractivity contribution in [1.29, 1.82) is 0 Å². The van der Waals surface area contributed by atoms with Crippen LogP contribution in [0.4, 0.5) is 4.79 Å². The highest BCUT2D eigenvalue weighted by Gasteiger charge is 2.43. The molecule has 2 aliphatic heterocycles. The Labute approximate surface area is 142 Å². The molecular formula is C17H26N4O3. The topological polar surface area (TPSA) is 77.8 Å². The fourth-order valence-electron chi connectivity index (χ4n) is 3.61. The molecule has 2 N–H and O–H groups in total. The van der Waals surface area contributed by atoms with E-state index in [1.54, 1.807) is 12.5 Å². The molecule has 0 radical (unpaired) electrons. The van der Waals surface area contributed by atoms with Crippen LogP contribution in [-0.2, 0) is 11.3 Å². The Kier molecular flexibility index (Phi) is 4.80. The normalized spacial score (nSPS) is 25.1. The number of hydrogen-bond acceptors (Lipinski definition) is 4. The smallest absolute Gasteiger partial charge is 0.317 e. The molecule has 2 fully saturated rings. The van der Waals surface area contributed by atoms with Crippen LogP contribution in [0, 0.1) is 5.41 Å². The third-order valence-corrected chi connectivity index (χ3v) is 4.65. The summed E-state index contributed by atoms with van der Waals surface area (Å²) in [4.78, 5) is 28.5. The average molecular weight is 334 g/mol. The van der Waals surface area contributed by atoms with Crippen molar-refractivity contribution in [2.45, 2.75) is 32.9 Å². The number of urea groups is 1. The molecule has 0 aromatic carbocycles. The quantitative estimate of drug-likeness (QED) is 0.865. The minimum absolute atomic E-state index is 0.0473. The molecule has 3 rings (SSSR count). The molecule has 2 saturated heterocycles. The van der Waals surface area contributed by atoms with Gasteiger partial charge in [-0.25, -0.2) is 4.79 Å². The number of furan rings is 1. The molecule has 0 saturated carbocycles. The maximum atomic E-state index is 12.5. The second-order valence-corrected chi connectivity index (χ2v) is 7.32. The van der Waals surface area contributed by atoms with E-state index >= 15 is 0 Å². The van der Waals surface area contributed by atoms with Gasteiger partial charge in [0.1, 0.15) is 0 Å². The first-order chi connectivity index (χ1) is 11.5. The summed E-state index contributed by atoms with van der Waals surface area (Å²) in [6.07, 6.45) is 3.89. The van der Waals surface area contributed by atoms with Crippen molar-refractivity contribution in [2.24, 2.45) is 5.41 Å². The number of hydrogen-bond donors (Lipinski definition) is 2. The fraction of sp³-hybridized carbons (Fsp3) is 0.647. The van der Waals surface area contributed by atoms with E-state index in [0.29, 0.717) is 26.1 Å². The lowest BCUT2D eigenvalue weighted by Crippen LogP contribution is -2.48. The maximum Gasteiger partial charge on any atom is 0.317 e. The monoisotopic (exact) mass is 334 g/mol. The zero-order chi connectivity index (χ0) is 17.2. The molecule has 1 atom stereocenters. The summed E-state index contributed by atoms with van der Waals surface area (Å²) in [5, 5.41) is 5.91. The molecule has 0 bridgehead atoms. The lowest BCUT2D eigenvalue weighted by molar-refractivity contribution is -0.119. The van der Waals surface area contributed by atoms with E-state index in [1.165, 1.54) is 0 Å². The lowest BCUT2D eigenvalue weighted by Gasteiger charge is -2.33. The first-order valence-electron chi connectivity index (χ1n) is 8.51. The van der Waals surface area contributed by atoms with E-state index in [4.69, 9.17) is 4.42 Å². The van der Waals surface area contributed by atoms with Crippen LogP contribution in [0.1, 0.15) is 25.8 Å². The number of amides is 3. The Bertz CT molecular complexity index is 587. The van der Waals surface area contributed by atoms with Crippen LogP contribution in [-0.4, -0.2) is 60.5 Å². The molecule has 1 spiro atoms. The highest BCUT2D eigenvalue weighted by Crippen LogP contribution is 2.31. The predicted octanol–water partition coefficient (Wildman–Crippen LogP) is 1.02. The van der Waals surface area contributed by atoms with Gasteiger partial charge in [0.15, 0.2) is 0 Å². The number of rotatable bonds is 3. The molecule has 0 aliphatic carbocycles. The van der Waals surface area contributed by atoms with Gasteiger partial charge < -0.3 is 20.0 Å². The first-order valence-corrected chi connectivity index (χ1v) is 8.51. The van der Waals surface area contributed by atoms with E-state index in [-0.39, 0.29) is 23.4 Å². The Morgan fingerprint density at radius 2 is 2.25 bits per heavy atom. The summed E-state index contributed by atoms with van der Waals surface area (Å²) >= 11 is 0. The average Bonchev–Trinajstić information content (AvgIpc) is 3.08. The van der Waals surface area contributed by atoms with Crippen molar-refractivity contribution in [3.63, 3.8) is 0 Å². The standard InChI is InChI=1S/C17H26N4O3/c1-13(2)19-16(23)21-5-4-20(8-14-3-6-24-9-14)11-17(12-21)7-15(22)18-10-17/h3,6,9,13H,4-5,7-8,10-12H2,1-2H3,(H,18,22)(H,19,23)/t17-/m1/s1. The number of carbonyl (C=O) groups excluding carboxylic acids is 2. The van der Waals surface area contributed by atoms with E-state index in [9.17, 15) is 9.59 Å². The van der Waals surface area contributed by atoms with Crippen molar-refractivity contribution in [1.82, 2.24) is 20.4 Å². The molecule has 24 heavy (non-hydrogen) atoms. The van der Waals surface area contributed by atoms with Crippen LogP contribution < -0.4 is 10.6 Å². The van der Waals surface area contributed by atoms with Crippen molar-refractivity contribution >= 4 is 11.9 Å². The number of nitrogens with zero attached hydrogens (tertiary/aromatic N) is 2. The molecule has 1 aromatic rings. The van der Waals surface area contributed by atoms with Gasteiger partial charge >= 0.3 is 6.03 Å². The van der Waals surface area contributed by atoms with Gasteiger partial charge in [-0.3, -0.25) is 9.69 Å². The van der Waals surface area contributed by atoms with Crippen molar-refractivity contribution in [3.8, 4) is 0 Å². The molecule has 7 nitrogen and oxygen atoms in total. The van der Waals surface area contributed by atoms with Gasteiger partial charge in [0, 0.05) is 62.7 Å². The van der Waals surface area contributed by atoms with Crippen LogP contribution in [0.25, 0.3) is 0 Å². The molecule has 3 amide bonds. The summed E-state index contributed by atoms with van der Waals surface area (Å²) < 4.78 is 5.16. The van der Waals surface area contributed by atoms with Gasteiger partial charge in [-0.1, -0.05) is 0 Å². The van der Waals surface area contributed by atoms with E-state index < -0.39 is 0 Å². The van der Waals surface area contributed by atoms with Gasteiger partial charge in [0.2, 0.25) is 5.91 Å². The van der Waals surface area contributed by atoms with Gasteiger partial charge in [0.05, 0.1) is 12.5 Å². The lowest BCUT2D eigenvalue weighted by atomic mass is 9.86. The third-order valence-electron chi connectivity index (χ3n) is 4.65. The molecule has 7 heteroatoms. The maximum absolute atomic E-state index is 12.5. The molecule has 3 heterocycles. The van der Waals surface area contributed by atoms with E-state index in [1.807, 2.05) is 24.8 Å². The summed E-state index contributed by atoms with van der Waals surface area (Å²) in [6.45, 7) is 8.15. The number of carbonyl (C=O) groups is 2. The van der Waals surface area contributed by atoms with Gasteiger partial charge in [-0.15, -0.1) is 0 Å². The summed E-state index contributed by atoms with van der Waals surface area (Å²) in [6, 6.07) is 2.01. The summed E-state index contributed by atoms with van der Waals surface area (Å²) in [5.41, 5.74) is 0.897. The highest BCUT2D eigenvalue weighted by atomic mass is 16.3. The predicted molar refractivity (Wildman–Crippen MR) is 89.3 cm³/mol. The largest absolute Gasteiger partial charge is 0.472 e. The fourth-order valence-corrected chi connectivity index (χ4v) is 3.61. The molecule has 0 unspecified atom stereocenters. The Morgan fingerprint density at radius 1 is 1.42 bits per heavy atom. The minimum atomic E-state index is -0.217. The Morgan fingerprint density at radius 3 is 2.88 bits per heavy atom.